The van der Waals surface area contributed by atoms with Crippen LogP contribution in [-0.4, -0.2) is 29.6 Å². The lowest BCUT2D eigenvalue weighted by molar-refractivity contribution is -0.146. The standard InChI is InChI=1S/C18H23NO5S/c1-4-24-18(23)13-9-14(10(2)3)25-16(13)19-15(20)11-7-5-6-8-12(11)17(21)22/h5-6,9-12H,4,7-8H2,1-3H3,(H,19,20)(H,21,22)/t11-,12+/m0/s1. The molecule has 0 aliphatic heterocycles. The third-order valence-corrected chi connectivity index (χ3v) is 5.49. The molecule has 136 valence electrons. The first-order valence-corrected chi connectivity index (χ1v) is 9.16. The Morgan fingerprint density at radius 3 is 2.48 bits per heavy atom. The Bertz CT molecular complexity index is 692. The largest absolute Gasteiger partial charge is 0.481 e. The fourth-order valence-electron chi connectivity index (χ4n) is 2.73. The summed E-state index contributed by atoms with van der Waals surface area (Å²) in [4.78, 5) is 37.1. The highest BCUT2D eigenvalue weighted by Gasteiger charge is 2.34. The van der Waals surface area contributed by atoms with Gasteiger partial charge in [0.25, 0.3) is 0 Å². The zero-order valence-corrected chi connectivity index (χ0v) is 15.4. The van der Waals surface area contributed by atoms with Gasteiger partial charge in [0.1, 0.15) is 5.00 Å². The van der Waals surface area contributed by atoms with E-state index in [1.54, 1.807) is 19.1 Å². The number of esters is 1. The molecule has 7 heteroatoms. The molecule has 0 radical (unpaired) electrons. The van der Waals surface area contributed by atoms with Crippen LogP contribution in [0.4, 0.5) is 5.00 Å². The van der Waals surface area contributed by atoms with Gasteiger partial charge in [0.05, 0.1) is 24.0 Å². The van der Waals surface area contributed by atoms with E-state index in [-0.39, 0.29) is 18.4 Å². The van der Waals surface area contributed by atoms with Gasteiger partial charge >= 0.3 is 11.9 Å². The average molecular weight is 365 g/mol. The van der Waals surface area contributed by atoms with Gasteiger partial charge in [-0.1, -0.05) is 26.0 Å². The number of rotatable bonds is 6. The zero-order valence-electron chi connectivity index (χ0n) is 14.6. The normalized spacial score (nSPS) is 19.7. The second kappa shape index (κ2) is 8.29. The smallest absolute Gasteiger partial charge is 0.341 e. The minimum Gasteiger partial charge on any atom is -0.481 e. The van der Waals surface area contributed by atoms with Crippen molar-refractivity contribution in [3.8, 4) is 0 Å². The molecular weight excluding hydrogens is 342 g/mol. The molecular formula is C18H23NO5S. The first-order valence-electron chi connectivity index (χ1n) is 8.34. The van der Waals surface area contributed by atoms with Crippen LogP contribution >= 0.6 is 11.3 Å². The van der Waals surface area contributed by atoms with Gasteiger partial charge in [-0.2, -0.15) is 0 Å². The van der Waals surface area contributed by atoms with E-state index in [1.807, 2.05) is 19.9 Å². The van der Waals surface area contributed by atoms with Gasteiger partial charge in [-0.15, -0.1) is 11.3 Å². The summed E-state index contributed by atoms with van der Waals surface area (Å²) < 4.78 is 5.06. The van der Waals surface area contributed by atoms with Gasteiger partial charge in [0.2, 0.25) is 5.91 Å². The van der Waals surface area contributed by atoms with Crippen LogP contribution in [0.2, 0.25) is 0 Å². The average Bonchev–Trinajstić information content (AvgIpc) is 2.99. The SMILES string of the molecule is CCOC(=O)c1cc(C(C)C)sc1NC(=O)[C@H]1CC=CC[C@H]1C(=O)O. The second-order valence-corrected chi connectivity index (χ2v) is 7.33. The van der Waals surface area contributed by atoms with Crippen LogP contribution in [0.5, 0.6) is 0 Å². The predicted octanol–water partition coefficient (Wildman–Crippen LogP) is 3.65. The van der Waals surface area contributed by atoms with Crippen molar-refractivity contribution in [1.82, 2.24) is 0 Å². The first-order chi connectivity index (χ1) is 11.8. The maximum atomic E-state index is 12.6. The quantitative estimate of drug-likeness (QED) is 0.593. The number of carboxylic acid groups (broad SMARTS) is 1. The van der Waals surface area contributed by atoms with Crippen LogP contribution in [0.3, 0.4) is 0 Å². The van der Waals surface area contributed by atoms with E-state index >= 15 is 0 Å². The number of carboxylic acids is 1. The van der Waals surface area contributed by atoms with Crippen molar-refractivity contribution in [2.45, 2.75) is 39.5 Å². The maximum absolute atomic E-state index is 12.6. The number of amides is 1. The van der Waals surface area contributed by atoms with Crippen molar-refractivity contribution in [3.05, 3.63) is 28.7 Å². The molecule has 6 nitrogen and oxygen atoms in total. The molecule has 1 aliphatic rings. The number of ether oxygens (including phenoxy) is 1. The van der Waals surface area contributed by atoms with Crippen molar-refractivity contribution < 1.29 is 24.2 Å². The summed E-state index contributed by atoms with van der Waals surface area (Å²) in [6.07, 6.45) is 4.32. The fraction of sp³-hybridized carbons (Fsp3) is 0.500. The predicted molar refractivity (Wildman–Crippen MR) is 96.0 cm³/mol. The van der Waals surface area contributed by atoms with E-state index in [9.17, 15) is 19.5 Å². The fourth-order valence-corrected chi connectivity index (χ4v) is 3.78. The van der Waals surface area contributed by atoms with Crippen molar-refractivity contribution in [2.24, 2.45) is 11.8 Å². The molecule has 0 unspecified atom stereocenters. The first kappa shape index (κ1) is 19.2. The minimum atomic E-state index is -0.982. The Hall–Kier alpha value is -2.15. The summed E-state index contributed by atoms with van der Waals surface area (Å²) in [5.74, 6) is -3.04. The molecule has 2 rings (SSSR count). The van der Waals surface area contributed by atoms with Crippen molar-refractivity contribution >= 4 is 34.2 Å². The van der Waals surface area contributed by atoms with Crippen LogP contribution in [0, 0.1) is 11.8 Å². The van der Waals surface area contributed by atoms with E-state index in [0.717, 1.165) is 4.88 Å². The number of thiophene rings is 1. The van der Waals surface area contributed by atoms with Crippen molar-refractivity contribution in [3.63, 3.8) is 0 Å². The number of carbonyl (C=O) groups excluding carboxylic acids is 2. The molecule has 0 saturated heterocycles. The lowest BCUT2D eigenvalue weighted by Gasteiger charge is -2.24. The summed E-state index contributed by atoms with van der Waals surface area (Å²) in [5, 5.41) is 12.5. The van der Waals surface area contributed by atoms with Crippen LogP contribution in [-0.2, 0) is 14.3 Å². The van der Waals surface area contributed by atoms with Gasteiger partial charge < -0.3 is 15.2 Å². The Morgan fingerprint density at radius 2 is 1.92 bits per heavy atom. The third kappa shape index (κ3) is 4.48. The van der Waals surface area contributed by atoms with E-state index in [0.29, 0.717) is 23.4 Å². The lowest BCUT2D eigenvalue weighted by Crippen LogP contribution is -2.34. The van der Waals surface area contributed by atoms with E-state index < -0.39 is 23.8 Å². The molecule has 0 aromatic carbocycles. The number of nitrogens with one attached hydrogen (secondary N) is 1. The van der Waals surface area contributed by atoms with E-state index in [2.05, 4.69) is 5.32 Å². The monoisotopic (exact) mass is 365 g/mol. The number of aliphatic carboxylic acids is 1. The van der Waals surface area contributed by atoms with Gasteiger partial charge in [0.15, 0.2) is 0 Å². The van der Waals surface area contributed by atoms with Gasteiger partial charge in [-0.25, -0.2) is 4.79 Å². The van der Waals surface area contributed by atoms with Crippen molar-refractivity contribution in [2.75, 3.05) is 11.9 Å². The molecule has 2 atom stereocenters. The molecule has 1 amide bonds. The molecule has 0 bridgehead atoms. The Balaban J connectivity index is 2.25. The topological polar surface area (TPSA) is 92.7 Å². The summed E-state index contributed by atoms with van der Waals surface area (Å²) >= 11 is 1.33. The van der Waals surface area contributed by atoms with Crippen LogP contribution in [0.1, 0.15) is 54.8 Å². The molecule has 1 aromatic rings. The van der Waals surface area contributed by atoms with Crippen LogP contribution < -0.4 is 5.32 Å². The number of hydrogen-bond acceptors (Lipinski definition) is 5. The van der Waals surface area contributed by atoms with Crippen LogP contribution in [0.25, 0.3) is 0 Å². The number of hydrogen-bond donors (Lipinski definition) is 2. The molecule has 1 aliphatic carbocycles. The molecule has 0 spiro atoms. The highest BCUT2D eigenvalue weighted by atomic mass is 32.1. The lowest BCUT2D eigenvalue weighted by atomic mass is 9.82. The second-order valence-electron chi connectivity index (χ2n) is 6.25. The Kier molecular flexibility index (Phi) is 6.36. The molecule has 1 heterocycles. The molecule has 0 fully saturated rings. The number of anilines is 1. The molecule has 25 heavy (non-hydrogen) atoms. The summed E-state index contributed by atoms with van der Waals surface area (Å²) in [7, 11) is 0. The molecule has 1 aromatic heterocycles. The minimum absolute atomic E-state index is 0.202. The maximum Gasteiger partial charge on any atom is 0.341 e. The summed E-state index contributed by atoms with van der Waals surface area (Å²) in [6.45, 7) is 5.96. The Labute approximate surface area is 150 Å². The summed E-state index contributed by atoms with van der Waals surface area (Å²) in [6, 6.07) is 1.73. The molecule has 0 saturated carbocycles. The van der Waals surface area contributed by atoms with E-state index in [4.69, 9.17) is 4.74 Å². The van der Waals surface area contributed by atoms with Gasteiger partial charge in [0, 0.05) is 4.88 Å². The van der Waals surface area contributed by atoms with Crippen molar-refractivity contribution in [1.29, 1.82) is 0 Å². The number of allylic oxidation sites excluding steroid dienone is 2. The third-order valence-electron chi connectivity index (χ3n) is 4.14. The highest BCUT2D eigenvalue weighted by molar-refractivity contribution is 7.16. The molecule has 2 N–H and O–H groups in total. The highest BCUT2D eigenvalue weighted by Crippen LogP contribution is 2.35. The van der Waals surface area contributed by atoms with Crippen LogP contribution in [0.15, 0.2) is 18.2 Å². The summed E-state index contributed by atoms with van der Waals surface area (Å²) in [5.41, 5.74) is 0.321. The Morgan fingerprint density at radius 1 is 1.28 bits per heavy atom. The number of carbonyl (C=O) groups is 3. The zero-order chi connectivity index (χ0) is 18.6. The van der Waals surface area contributed by atoms with Gasteiger partial charge in [-0.3, -0.25) is 9.59 Å². The van der Waals surface area contributed by atoms with Gasteiger partial charge in [-0.05, 0) is 31.7 Å². The van der Waals surface area contributed by atoms with E-state index in [1.165, 1.54) is 11.3 Å².